The van der Waals surface area contributed by atoms with E-state index >= 15 is 0 Å². The van der Waals surface area contributed by atoms with Gasteiger partial charge in [0.1, 0.15) is 11.6 Å². The molecule has 1 atom stereocenters. The topological polar surface area (TPSA) is 71.0 Å². The van der Waals surface area contributed by atoms with Crippen LogP contribution < -0.4 is 5.32 Å². The SMILES string of the molecule is Cc1cccnc1Nc1cncc([C@@H]2CCCN(C(=O)CCc3cccc(Cl)c3)C2)n1. The van der Waals surface area contributed by atoms with E-state index in [0.717, 1.165) is 42.0 Å². The quantitative estimate of drug-likeness (QED) is 0.595. The third kappa shape index (κ3) is 5.58. The number of rotatable bonds is 6. The predicted octanol–water partition coefficient (Wildman–Crippen LogP) is 4.92. The molecule has 7 heteroatoms. The van der Waals surface area contributed by atoms with Crippen LogP contribution in [-0.4, -0.2) is 38.8 Å². The summed E-state index contributed by atoms with van der Waals surface area (Å²) in [6.07, 6.45) is 8.41. The van der Waals surface area contributed by atoms with E-state index in [4.69, 9.17) is 16.6 Å². The number of halogens is 1. The van der Waals surface area contributed by atoms with Crippen LogP contribution in [0.5, 0.6) is 0 Å². The number of carbonyl (C=O) groups is 1. The Balaban J connectivity index is 1.39. The highest BCUT2D eigenvalue weighted by Crippen LogP contribution is 2.27. The Morgan fingerprint density at radius 1 is 1.26 bits per heavy atom. The molecule has 0 radical (unpaired) electrons. The van der Waals surface area contributed by atoms with Gasteiger partial charge in [0.05, 0.1) is 11.9 Å². The maximum absolute atomic E-state index is 12.8. The summed E-state index contributed by atoms with van der Waals surface area (Å²) in [6, 6.07) is 11.6. The normalized spacial score (nSPS) is 16.2. The lowest BCUT2D eigenvalue weighted by molar-refractivity contribution is -0.132. The van der Waals surface area contributed by atoms with Crippen LogP contribution in [0.2, 0.25) is 5.02 Å². The second-order valence-corrected chi connectivity index (χ2v) is 8.37. The summed E-state index contributed by atoms with van der Waals surface area (Å²) in [4.78, 5) is 28.3. The second kappa shape index (κ2) is 9.88. The Bertz CT molecular complexity index is 1060. The number of nitrogens with zero attached hydrogens (tertiary/aromatic N) is 4. The van der Waals surface area contributed by atoms with Crippen LogP contribution in [0.4, 0.5) is 11.6 Å². The number of hydrogen-bond acceptors (Lipinski definition) is 5. The fraction of sp³-hybridized carbons (Fsp3) is 0.333. The van der Waals surface area contributed by atoms with E-state index in [1.54, 1.807) is 18.6 Å². The van der Waals surface area contributed by atoms with Gasteiger partial charge in [0, 0.05) is 42.8 Å². The van der Waals surface area contributed by atoms with E-state index in [1.807, 2.05) is 48.2 Å². The van der Waals surface area contributed by atoms with Crippen LogP contribution in [0.3, 0.4) is 0 Å². The lowest BCUT2D eigenvalue weighted by Crippen LogP contribution is -2.39. The highest BCUT2D eigenvalue weighted by molar-refractivity contribution is 6.30. The van der Waals surface area contributed by atoms with E-state index in [1.165, 1.54) is 0 Å². The van der Waals surface area contributed by atoms with Crippen LogP contribution in [0.1, 0.15) is 42.0 Å². The van der Waals surface area contributed by atoms with Gasteiger partial charge in [-0.1, -0.05) is 29.8 Å². The fourth-order valence-corrected chi connectivity index (χ4v) is 4.14. The first kappa shape index (κ1) is 21.2. The zero-order valence-corrected chi connectivity index (χ0v) is 18.3. The van der Waals surface area contributed by atoms with Gasteiger partial charge in [0.25, 0.3) is 0 Å². The first-order chi connectivity index (χ1) is 15.1. The van der Waals surface area contributed by atoms with Gasteiger partial charge >= 0.3 is 0 Å². The molecule has 0 unspecified atom stereocenters. The van der Waals surface area contributed by atoms with Crippen LogP contribution in [-0.2, 0) is 11.2 Å². The molecular formula is C24H26ClN5O. The van der Waals surface area contributed by atoms with Crippen molar-refractivity contribution in [3.8, 4) is 0 Å². The van der Waals surface area contributed by atoms with Crippen molar-refractivity contribution in [3.05, 3.63) is 76.8 Å². The molecule has 4 rings (SSSR count). The van der Waals surface area contributed by atoms with Crippen molar-refractivity contribution in [2.75, 3.05) is 18.4 Å². The molecule has 1 aliphatic rings. The number of likely N-dealkylation sites (tertiary alicyclic amines) is 1. The summed E-state index contributed by atoms with van der Waals surface area (Å²) in [5, 5.41) is 3.96. The van der Waals surface area contributed by atoms with Crippen LogP contribution >= 0.6 is 11.6 Å². The lowest BCUT2D eigenvalue weighted by atomic mass is 9.94. The molecule has 6 nitrogen and oxygen atoms in total. The highest BCUT2D eigenvalue weighted by Gasteiger charge is 2.26. The van der Waals surface area contributed by atoms with E-state index in [0.29, 0.717) is 30.2 Å². The molecule has 1 saturated heterocycles. The van der Waals surface area contributed by atoms with Crippen molar-refractivity contribution < 1.29 is 4.79 Å². The molecule has 0 bridgehead atoms. The Labute approximate surface area is 187 Å². The van der Waals surface area contributed by atoms with E-state index in [9.17, 15) is 4.79 Å². The number of nitrogens with one attached hydrogen (secondary N) is 1. The summed E-state index contributed by atoms with van der Waals surface area (Å²) >= 11 is 6.05. The monoisotopic (exact) mass is 435 g/mol. The largest absolute Gasteiger partial charge is 0.342 e. The number of carbonyl (C=O) groups excluding carboxylic acids is 1. The van der Waals surface area contributed by atoms with Crippen LogP contribution in [0.25, 0.3) is 0 Å². The molecule has 1 aliphatic heterocycles. The van der Waals surface area contributed by atoms with Gasteiger partial charge in [0.2, 0.25) is 5.91 Å². The first-order valence-electron chi connectivity index (χ1n) is 10.6. The molecule has 1 aromatic carbocycles. The minimum atomic E-state index is 0.177. The van der Waals surface area contributed by atoms with Gasteiger partial charge in [-0.05, 0) is 55.5 Å². The van der Waals surface area contributed by atoms with Gasteiger partial charge in [-0.2, -0.15) is 0 Å². The second-order valence-electron chi connectivity index (χ2n) is 7.93. The Kier molecular flexibility index (Phi) is 6.77. The number of piperidine rings is 1. The summed E-state index contributed by atoms with van der Waals surface area (Å²) in [5.74, 6) is 1.80. The van der Waals surface area contributed by atoms with E-state index in [2.05, 4.69) is 15.3 Å². The Morgan fingerprint density at radius 2 is 2.16 bits per heavy atom. The van der Waals surface area contributed by atoms with Crippen molar-refractivity contribution in [2.45, 2.75) is 38.5 Å². The van der Waals surface area contributed by atoms with Crippen molar-refractivity contribution in [1.29, 1.82) is 0 Å². The molecule has 160 valence electrons. The van der Waals surface area contributed by atoms with Crippen molar-refractivity contribution in [2.24, 2.45) is 0 Å². The minimum Gasteiger partial charge on any atom is -0.342 e. The van der Waals surface area contributed by atoms with Gasteiger partial charge in [-0.25, -0.2) is 9.97 Å². The molecular weight excluding hydrogens is 410 g/mol. The average Bonchev–Trinajstić information content (AvgIpc) is 2.79. The standard InChI is InChI=1S/C24H26ClN5O/c1-17-5-3-11-27-24(17)29-22-15-26-14-21(28-22)19-7-4-12-30(16-19)23(31)10-9-18-6-2-8-20(25)13-18/h2-3,5-6,8,11,13-15,19H,4,7,9-10,12,16H2,1H3,(H,27,28,29)/t19-/m1/s1. The Hall–Kier alpha value is -2.99. The molecule has 3 heterocycles. The summed E-state index contributed by atoms with van der Waals surface area (Å²) in [7, 11) is 0. The molecule has 1 fully saturated rings. The molecule has 2 aromatic heterocycles. The number of aromatic nitrogens is 3. The summed E-state index contributed by atoms with van der Waals surface area (Å²) < 4.78 is 0. The molecule has 0 aliphatic carbocycles. The Morgan fingerprint density at radius 3 is 3.00 bits per heavy atom. The number of anilines is 2. The zero-order chi connectivity index (χ0) is 21.6. The number of pyridine rings is 1. The van der Waals surface area contributed by atoms with E-state index in [-0.39, 0.29) is 11.8 Å². The van der Waals surface area contributed by atoms with Gasteiger partial charge in [0.15, 0.2) is 0 Å². The third-order valence-electron chi connectivity index (χ3n) is 5.62. The maximum atomic E-state index is 12.8. The zero-order valence-electron chi connectivity index (χ0n) is 17.6. The first-order valence-corrected chi connectivity index (χ1v) is 11.0. The molecule has 1 amide bonds. The van der Waals surface area contributed by atoms with Crippen molar-refractivity contribution in [3.63, 3.8) is 0 Å². The van der Waals surface area contributed by atoms with Crippen LogP contribution in [0.15, 0.2) is 55.0 Å². The number of aryl methyl sites for hydroxylation is 2. The summed E-state index contributed by atoms with van der Waals surface area (Å²) in [5.41, 5.74) is 3.04. The fourth-order valence-electron chi connectivity index (χ4n) is 3.92. The minimum absolute atomic E-state index is 0.177. The highest BCUT2D eigenvalue weighted by atomic mass is 35.5. The molecule has 31 heavy (non-hydrogen) atoms. The van der Waals surface area contributed by atoms with Crippen LogP contribution in [0, 0.1) is 6.92 Å². The average molecular weight is 436 g/mol. The number of hydrogen-bond donors (Lipinski definition) is 1. The van der Waals surface area contributed by atoms with E-state index < -0.39 is 0 Å². The predicted molar refractivity (Wildman–Crippen MR) is 123 cm³/mol. The molecule has 0 saturated carbocycles. The third-order valence-corrected chi connectivity index (χ3v) is 5.85. The summed E-state index contributed by atoms with van der Waals surface area (Å²) in [6.45, 7) is 3.47. The molecule has 1 N–H and O–H groups in total. The van der Waals surface area contributed by atoms with Crippen molar-refractivity contribution in [1.82, 2.24) is 19.9 Å². The van der Waals surface area contributed by atoms with Crippen molar-refractivity contribution >= 4 is 29.1 Å². The van der Waals surface area contributed by atoms with Gasteiger partial charge in [-0.3, -0.25) is 9.78 Å². The number of amides is 1. The maximum Gasteiger partial charge on any atom is 0.222 e. The molecule has 3 aromatic rings. The molecule has 0 spiro atoms. The van der Waals surface area contributed by atoms with Gasteiger partial charge < -0.3 is 10.2 Å². The lowest BCUT2D eigenvalue weighted by Gasteiger charge is -2.32. The smallest absolute Gasteiger partial charge is 0.222 e. The van der Waals surface area contributed by atoms with Gasteiger partial charge in [-0.15, -0.1) is 0 Å². The number of benzene rings is 1.